The third kappa shape index (κ3) is 2.96. The Morgan fingerprint density at radius 1 is 1.43 bits per heavy atom. The summed E-state index contributed by atoms with van der Waals surface area (Å²) in [4.78, 5) is 11.5. The minimum absolute atomic E-state index is 0.160. The van der Waals surface area contributed by atoms with Crippen molar-refractivity contribution in [3.8, 4) is 0 Å². The molecule has 0 saturated carbocycles. The van der Waals surface area contributed by atoms with E-state index in [2.05, 4.69) is 5.32 Å². The lowest BCUT2D eigenvalue weighted by Gasteiger charge is -2.20. The standard InChI is InChI=1S/C10H19NO3/c1-10(2,3)9(12)14-8-5-7(13-4)6-11-8/h7-8,11H,5-6H2,1-4H3/t7-,8?/m0/s1. The van der Waals surface area contributed by atoms with Crippen molar-refractivity contribution in [3.05, 3.63) is 0 Å². The Morgan fingerprint density at radius 2 is 2.07 bits per heavy atom. The molecule has 14 heavy (non-hydrogen) atoms. The summed E-state index contributed by atoms with van der Waals surface area (Å²) in [6.07, 6.45) is 0.706. The zero-order valence-electron chi connectivity index (χ0n) is 9.29. The summed E-state index contributed by atoms with van der Waals surface area (Å²) in [5.74, 6) is -0.174. The van der Waals surface area contributed by atoms with Gasteiger partial charge in [0.2, 0.25) is 0 Å². The number of methoxy groups -OCH3 is 1. The molecule has 2 atom stereocenters. The Kier molecular flexibility index (Phi) is 3.50. The van der Waals surface area contributed by atoms with E-state index in [0.717, 1.165) is 13.0 Å². The van der Waals surface area contributed by atoms with Gasteiger partial charge in [-0.25, -0.2) is 0 Å². The molecule has 0 aromatic rings. The molecule has 1 saturated heterocycles. The van der Waals surface area contributed by atoms with Crippen molar-refractivity contribution in [3.63, 3.8) is 0 Å². The Morgan fingerprint density at radius 3 is 2.50 bits per heavy atom. The van der Waals surface area contributed by atoms with E-state index >= 15 is 0 Å². The molecular weight excluding hydrogens is 182 g/mol. The van der Waals surface area contributed by atoms with Gasteiger partial charge in [0.15, 0.2) is 6.23 Å². The molecule has 0 aromatic carbocycles. The van der Waals surface area contributed by atoms with Crippen LogP contribution in [0.2, 0.25) is 0 Å². The Balaban J connectivity index is 2.36. The molecule has 1 rings (SSSR count). The van der Waals surface area contributed by atoms with Gasteiger partial charge in [-0.3, -0.25) is 10.1 Å². The van der Waals surface area contributed by atoms with Crippen molar-refractivity contribution in [1.29, 1.82) is 0 Å². The van der Waals surface area contributed by atoms with Gasteiger partial charge in [0.25, 0.3) is 0 Å². The number of rotatable bonds is 2. The van der Waals surface area contributed by atoms with Crippen LogP contribution in [0, 0.1) is 5.41 Å². The molecule has 1 aliphatic rings. The maximum Gasteiger partial charge on any atom is 0.312 e. The molecule has 0 amide bonds. The molecule has 1 fully saturated rings. The lowest BCUT2D eigenvalue weighted by molar-refractivity contribution is -0.159. The minimum Gasteiger partial charge on any atom is -0.446 e. The average molecular weight is 201 g/mol. The molecule has 4 nitrogen and oxygen atoms in total. The second-order valence-electron chi connectivity index (χ2n) is 4.65. The highest BCUT2D eigenvalue weighted by atomic mass is 16.6. The number of nitrogens with one attached hydrogen (secondary N) is 1. The van der Waals surface area contributed by atoms with E-state index in [4.69, 9.17) is 9.47 Å². The zero-order chi connectivity index (χ0) is 10.8. The predicted molar refractivity (Wildman–Crippen MR) is 52.8 cm³/mol. The van der Waals surface area contributed by atoms with E-state index in [0.29, 0.717) is 0 Å². The highest BCUT2D eigenvalue weighted by Gasteiger charge is 2.31. The van der Waals surface area contributed by atoms with Gasteiger partial charge < -0.3 is 9.47 Å². The fourth-order valence-electron chi connectivity index (χ4n) is 1.24. The van der Waals surface area contributed by atoms with Gasteiger partial charge >= 0.3 is 5.97 Å². The first-order valence-corrected chi connectivity index (χ1v) is 4.90. The molecule has 1 aliphatic heterocycles. The van der Waals surface area contributed by atoms with Gasteiger partial charge in [0, 0.05) is 20.1 Å². The van der Waals surface area contributed by atoms with Gasteiger partial charge in [0.1, 0.15) is 0 Å². The lowest BCUT2D eigenvalue weighted by atomic mass is 9.97. The Labute approximate surface area is 85.0 Å². The summed E-state index contributed by atoms with van der Waals surface area (Å²) in [6.45, 7) is 6.28. The fraction of sp³-hybridized carbons (Fsp3) is 0.900. The van der Waals surface area contributed by atoms with Gasteiger partial charge in [-0.1, -0.05) is 0 Å². The van der Waals surface area contributed by atoms with E-state index in [9.17, 15) is 4.79 Å². The van der Waals surface area contributed by atoms with Crippen molar-refractivity contribution in [2.24, 2.45) is 5.41 Å². The third-order valence-corrected chi connectivity index (χ3v) is 2.25. The summed E-state index contributed by atoms with van der Waals surface area (Å²) in [7, 11) is 1.67. The molecule has 0 bridgehead atoms. The largest absolute Gasteiger partial charge is 0.446 e. The van der Waals surface area contributed by atoms with Crippen LogP contribution in [0.3, 0.4) is 0 Å². The summed E-state index contributed by atoms with van der Waals surface area (Å²) in [5, 5.41) is 3.09. The lowest BCUT2D eigenvalue weighted by Crippen LogP contribution is -2.33. The molecule has 1 heterocycles. The van der Waals surface area contributed by atoms with Crippen LogP contribution in [0.1, 0.15) is 27.2 Å². The maximum absolute atomic E-state index is 11.5. The number of carbonyl (C=O) groups is 1. The summed E-state index contributed by atoms with van der Waals surface area (Å²) < 4.78 is 10.4. The van der Waals surface area contributed by atoms with E-state index in [1.807, 2.05) is 20.8 Å². The second kappa shape index (κ2) is 4.28. The molecule has 82 valence electrons. The van der Waals surface area contributed by atoms with E-state index in [1.54, 1.807) is 7.11 Å². The van der Waals surface area contributed by atoms with Crippen LogP contribution in [0.25, 0.3) is 0 Å². The third-order valence-electron chi connectivity index (χ3n) is 2.25. The number of hydrogen-bond acceptors (Lipinski definition) is 4. The van der Waals surface area contributed by atoms with Crippen LogP contribution >= 0.6 is 0 Å². The van der Waals surface area contributed by atoms with Crippen molar-refractivity contribution < 1.29 is 14.3 Å². The first kappa shape index (κ1) is 11.5. The van der Waals surface area contributed by atoms with Gasteiger partial charge in [-0.2, -0.15) is 0 Å². The molecule has 0 spiro atoms. The number of hydrogen-bond donors (Lipinski definition) is 1. The number of carbonyl (C=O) groups excluding carboxylic acids is 1. The zero-order valence-corrected chi connectivity index (χ0v) is 9.29. The average Bonchev–Trinajstić information content (AvgIpc) is 2.50. The summed E-state index contributed by atoms with van der Waals surface area (Å²) in [6, 6.07) is 0. The van der Waals surface area contributed by atoms with E-state index in [-0.39, 0.29) is 18.3 Å². The Hall–Kier alpha value is -0.610. The topological polar surface area (TPSA) is 47.6 Å². The van der Waals surface area contributed by atoms with Crippen molar-refractivity contribution >= 4 is 5.97 Å². The molecular formula is C10H19NO3. The van der Waals surface area contributed by atoms with Crippen molar-refractivity contribution in [2.75, 3.05) is 13.7 Å². The van der Waals surface area contributed by atoms with E-state index in [1.165, 1.54) is 0 Å². The quantitative estimate of drug-likeness (QED) is 0.675. The molecule has 0 aromatic heterocycles. The molecule has 0 radical (unpaired) electrons. The summed E-state index contributed by atoms with van der Waals surface area (Å²) in [5.41, 5.74) is -0.438. The predicted octanol–water partition coefficient (Wildman–Crippen LogP) is 0.910. The molecule has 1 N–H and O–H groups in total. The van der Waals surface area contributed by atoms with Gasteiger partial charge in [-0.15, -0.1) is 0 Å². The molecule has 1 unspecified atom stereocenters. The first-order chi connectivity index (χ1) is 6.43. The Bertz CT molecular complexity index is 210. The normalized spacial score (nSPS) is 27.7. The second-order valence-corrected chi connectivity index (χ2v) is 4.65. The number of ether oxygens (including phenoxy) is 2. The van der Waals surface area contributed by atoms with Crippen LogP contribution in [-0.4, -0.2) is 32.0 Å². The van der Waals surface area contributed by atoms with Crippen LogP contribution < -0.4 is 5.32 Å². The summed E-state index contributed by atoms with van der Waals surface area (Å²) >= 11 is 0. The SMILES string of the molecule is CO[C@@H]1CNC(OC(=O)C(C)(C)C)C1. The molecule has 4 heteroatoms. The highest BCUT2D eigenvalue weighted by molar-refractivity contribution is 5.75. The highest BCUT2D eigenvalue weighted by Crippen LogP contribution is 2.19. The van der Waals surface area contributed by atoms with E-state index < -0.39 is 5.41 Å². The van der Waals surface area contributed by atoms with Crippen LogP contribution in [0.5, 0.6) is 0 Å². The minimum atomic E-state index is -0.438. The number of esters is 1. The van der Waals surface area contributed by atoms with Crippen molar-refractivity contribution in [2.45, 2.75) is 39.5 Å². The first-order valence-electron chi connectivity index (χ1n) is 4.90. The van der Waals surface area contributed by atoms with Crippen LogP contribution in [0.15, 0.2) is 0 Å². The molecule has 0 aliphatic carbocycles. The smallest absolute Gasteiger partial charge is 0.312 e. The van der Waals surface area contributed by atoms with Crippen LogP contribution in [0.4, 0.5) is 0 Å². The van der Waals surface area contributed by atoms with Gasteiger partial charge in [0.05, 0.1) is 11.5 Å². The maximum atomic E-state index is 11.5. The van der Waals surface area contributed by atoms with Gasteiger partial charge in [-0.05, 0) is 20.8 Å². The van der Waals surface area contributed by atoms with Crippen LogP contribution in [-0.2, 0) is 14.3 Å². The van der Waals surface area contributed by atoms with Crippen molar-refractivity contribution in [1.82, 2.24) is 5.32 Å². The monoisotopic (exact) mass is 201 g/mol. The fourth-order valence-corrected chi connectivity index (χ4v) is 1.24.